The van der Waals surface area contributed by atoms with Crippen molar-refractivity contribution in [2.75, 3.05) is 36.5 Å². The van der Waals surface area contributed by atoms with Gasteiger partial charge in [0.05, 0.1) is 16.2 Å². The van der Waals surface area contributed by atoms with E-state index < -0.39 is 23.3 Å². The Labute approximate surface area is 189 Å². The predicted octanol–water partition coefficient (Wildman–Crippen LogP) is 3.20. The molecule has 4 rings (SSSR count). The number of ketones is 1. The monoisotopic (exact) mass is 453 g/mol. The first-order chi connectivity index (χ1) is 15.8. The SMILES string of the molecule is C[C@H]1CCCN(c2ccc(C(=O)OCC(=O)c3ccc4c(c3)NC(=O)CO4)cc2[N+](=O)[O-])C1. The molecule has 0 spiro atoms. The molecule has 10 nitrogen and oxygen atoms in total. The average molecular weight is 453 g/mol. The van der Waals surface area contributed by atoms with E-state index in [9.17, 15) is 24.5 Å². The zero-order valence-electron chi connectivity index (χ0n) is 18.0. The molecule has 0 aromatic heterocycles. The van der Waals surface area contributed by atoms with Crippen LogP contribution < -0.4 is 15.0 Å². The van der Waals surface area contributed by atoms with E-state index in [0.717, 1.165) is 19.4 Å². The second-order valence-corrected chi connectivity index (χ2v) is 8.20. The fourth-order valence-corrected chi connectivity index (χ4v) is 4.03. The maximum atomic E-state index is 12.5. The number of hydrogen-bond acceptors (Lipinski definition) is 8. The number of nitrogens with one attached hydrogen (secondary N) is 1. The van der Waals surface area contributed by atoms with E-state index in [1.807, 2.05) is 4.90 Å². The Morgan fingerprint density at radius 3 is 2.79 bits per heavy atom. The van der Waals surface area contributed by atoms with Crippen molar-refractivity contribution in [1.29, 1.82) is 0 Å². The number of esters is 1. The zero-order chi connectivity index (χ0) is 23.5. The molecule has 0 aliphatic carbocycles. The molecule has 2 aromatic carbocycles. The standard InChI is InChI=1S/C23H23N3O7/c1-14-3-2-8-25(11-14)18-6-4-16(10-19(18)26(30)31)23(29)33-12-20(27)15-5-7-21-17(9-15)24-22(28)13-32-21/h4-7,9-10,14H,2-3,8,11-13H2,1H3,(H,24,28)/t14-/m0/s1. The molecular formula is C23H23N3O7. The minimum Gasteiger partial charge on any atom is -0.482 e. The van der Waals surface area contributed by atoms with E-state index in [4.69, 9.17) is 9.47 Å². The summed E-state index contributed by atoms with van der Waals surface area (Å²) in [7, 11) is 0. The molecule has 1 N–H and O–H groups in total. The minimum absolute atomic E-state index is 0.00517. The summed E-state index contributed by atoms with van der Waals surface area (Å²) in [5.74, 6) is -0.780. The van der Waals surface area contributed by atoms with Gasteiger partial charge in [0.15, 0.2) is 19.0 Å². The molecular weight excluding hydrogens is 430 g/mol. The fraction of sp³-hybridized carbons (Fsp3) is 0.348. The lowest BCUT2D eigenvalue weighted by molar-refractivity contribution is -0.384. The minimum atomic E-state index is -0.834. The first-order valence-electron chi connectivity index (χ1n) is 10.6. The van der Waals surface area contributed by atoms with Crippen LogP contribution >= 0.6 is 0 Å². The normalized spacial score (nSPS) is 17.4. The number of anilines is 2. The van der Waals surface area contributed by atoms with Gasteiger partial charge in [-0.3, -0.25) is 19.7 Å². The Bertz CT molecular complexity index is 1130. The molecule has 2 aliphatic rings. The number of carbonyl (C=O) groups excluding carboxylic acids is 3. The van der Waals surface area contributed by atoms with Crippen molar-refractivity contribution in [3.63, 3.8) is 0 Å². The van der Waals surface area contributed by atoms with Gasteiger partial charge in [-0.15, -0.1) is 0 Å². The van der Waals surface area contributed by atoms with Crippen molar-refractivity contribution in [2.45, 2.75) is 19.8 Å². The van der Waals surface area contributed by atoms with Crippen molar-refractivity contribution < 1.29 is 28.8 Å². The molecule has 0 unspecified atom stereocenters. The fourth-order valence-electron chi connectivity index (χ4n) is 4.03. The Kier molecular flexibility index (Phi) is 6.25. The average Bonchev–Trinajstić information content (AvgIpc) is 2.81. The molecule has 0 radical (unpaired) electrons. The number of hydrogen-bond donors (Lipinski definition) is 1. The lowest BCUT2D eigenvalue weighted by Crippen LogP contribution is -2.34. The summed E-state index contributed by atoms with van der Waals surface area (Å²) in [6.45, 7) is 2.89. The van der Waals surface area contributed by atoms with Crippen LogP contribution in [-0.4, -0.2) is 48.9 Å². The second kappa shape index (κ2) is 9.27. The van der Waals surface area contributed by atoms with E-state index in [1.165, 1.54) is 24.3 Å². The van der Waals surface area contributed by atoms with Crippen LogP contribution in [0.4, 0.5) is 17.1 Å². The van der Waals surface area contributed by atoms with Gasteiger partial charge in [0.2, 0.25) is 0 Å². The highest BCUT2D eigenvalue weighted by atomic mass is 16.6. The van der Waals surface area contributed by atoms with Crippen molar-refractivity contribution in [1.82, 2.24) is 0 Å². The van der Waals surface area contributed by atoms with Gasteiger partial charge in [-0.1, -0.05) is 6.92 Å². The summed E-state index contributed by atoms with van der Waals surface area (Å²) in [5, 5.41) is 14.3. The van der Waals surface area contributed by atoms with Gasteiger partial charge in [0, 0.05) is 24.7 Å². The van der Waals surface area contributed by atoms with E-state index in [2.05, 4.69) is 12.2 Å². The number of nitro benzene ring substituents is 1. The molecule has 0 bridgehead atoms. The molecule has 0 saturated carbocycles. The summed E-state index contributed by atoms with van der Waals surface area (Å²) < 4.78 is 10.4. The van der Waals surface area contributed by atoms with Crippen molar-refractivity contribution in [3.8, 4) is 5.75 Å². The van der Waals surface area contributed by atoms with Gasteiger partial charge in [-0.05, 0) is 49.1 Å². The Morgan fingerprint density at radius 2 is 2.03 bits per heavy atom. The summed E-state index contributed by atoms with van der Waals surface area (Å²) >= 11 is 0. The molecule has 2 aliphatic heterocycles. The Morgan fingerprint density at radius 1 is 1.24 bits per heavy atom. The number of amides is 1. The molecule has 2 heterocycles. The molecule has 172 valence electrons. The molecule has 1 atom stereocenters. The lowest BCUT2D eigenvalue weighted by atomic mass is 9.99. The van der Waals surface area contributed by atoms with Crippen LogP contribution in [-0.2, 0) is 9.53 Å². The third-order valence-corrected chi connectivity index (χ3v) is 5.67. The lowest BCUT2D eigenvalue weighted by Gasteiger charge is -2.32. The maximum absolute atomic E-state index is 12.5. The number of ether oxygens (including phenoxy) is 2. The number of carbonyl (C=O) groups is 3. The second-order valence-electron chi connectivity index (χ2n) is 8.20. The van der Waals surface area contributed by atoms with E-state index in [0.29, 0.717) is 29.6 Å². The zero-order valence-corrected chi connectivity index (χ0v) is 18.0. The number of rotatable bonds is 6. The number of nitrogens with zero attached hydrogens (tertiary/aromatic N) is 2. The van der Waals surface area contributed by atoms with Crippen LogP contribution in [0.3, 0.4) is 0 Å². The van der Waals surface area contributed by atoms with Crippen LogP contribution in [0.5, 0.6) is 5.75 Å². The summed E-state index contributed by atoms with van der Waals surface area (Å²) in [4.78, 5) is 49.5. The van der Waals surface area contributed by atoms with Gasteiger partial charge in [0.1, 0.15) is 11.4 Å². The highest BCUT2D eigenvalue weighted by Gasteiger charge is 2.26. The van der Waals surface area contributed by atoms with Crippen LogP contribution in [0, 0.1) is 16.0 Å². The predicted molar refractivity (Wildman–Crippen MR) is 119 cm³/mol. The van der Waals surface area contributed by atoms with Crippen LogP contribution in [0.1, 0.15) is 40.5 Å². The molecule has 2 aromatic rings. The number of Topliss-reactive ketones (excluding diaryl/α,β-unsaturated/α-hetero) is 1. The van der Waals surface area contributed by atoms with E-state index in [1.54, 1.807) is 12.1 Å². The number of nitro groups is 1. The first kappa shape index (κ1) is 22.3. The highest BCUT2D eigenvalue weighted by molar-refractivity contribution is 6.02. The van der Waals surface area contributed by atoms with Crippen LogP contribution in [0.2, 0.25) is 0 Å². The van der Waals surface area contributed by atoms with Gasteiger partial charge < -0.3 is 19.7 Å². The van der Waals surface area contributed by atoms with Gasteiger partial charge in [0.25, 0.3) is 11.6 Å². The molecule has 33 heavy (non-hydrogen) atoms. The van der Waals surface area contributed by atoms with Gasteiger partial charge >= 0.3 is 5.97 Å². The van der Waals surface area contributed by atoms with E-state index in [-0.39, 0.29) is 29.3 Å². The topological polar surface area (TPSA) is 128 Å². The van der Waals surface area contributed by atoms with Crippen molar-refractivity contribution in [3.05, 3.63) is 57.6 Å². The summed E-state index contributed by atoms with van der Waals surface area (Å²) in [5.41, 5.74) is 0.886. The number of benzene rings is 2. The first-order valence-corrected chi connectivity index (χ1v) is 10.6. The molecule has 1 saturated heterocycles. The Balaban J connectivity index is 1.44. The number of fused-ring (bicyclic) bond motifs is 1. The molecule has 1 amide bonds. The van der Waals surface area contributed by atoms with E-state index >= 15 is 0 Å². The quantitative estimate of drug-likeness (QED) is 0.306. The third-order valence-electron chi connectivity index (χ3n) is 5.67. The largest absolute Gasteiger partial charge is 0.482 e. The van der Waals surface area contributed by atoms with Crippen molar-refractivity contribution >= 4 is 34.7 Å². The highest BCUT2D eigenvalue weighted by Crippen LogP contribution is 2.33. The third kappa shape index (κ3) is 4.94. The summed E-state index contributed by atoms with van der Waals surface area (Å²) in [6.07, 6.45) is 2.02. The smallest absolute Gasteiger partial charge is 0.338 e. The van der Waals surface area contributed by atoms with Crippen LogP contribution in [0.25, 0.3) is 0 Å². The van der Waals surface area contributed by atoms with Crippen molar-refractivity contribution in [2.24, 2.45) is 5.92 Å². The molecule has 10 heteroatoms. The van der Waals surface area contributed by atoms with Gasteiger partial charge in [-0.25, -0.2) is 4.79 Å². The summed E-state index contributed by atoms with van der Waals surface area (Å²) in [6, 6.07) is 8.72. The van der Waals surface area contributed by atoms with Gasteiger partial charge in [-0.2, -0.15) is 0 Å². The van der Waals surface area contributed by atoms with Crippen LogP contribution in [0.15, 0.2) is 36.4 Å². The maximum Gasteiger partial charge on any atom is 0.338 e. The number of piperidine rings is 1. The Hall–Kier alpha value is -3.95. The molecule has 1 fully saturated rings.